The highest BCUT2D eigenvalue weighted by atomic mass is 32.5. The average Bonchev–Trinajstić information content (AvgIpc) is 3.64. The summed E-state index contributed by atoms with van der Waals surface area (Å²) in [6, 6.07) is 40.1. The number of benzene rings is 5. The number of carbonyl (C=O) groups is 2. The monoisotopic (exact) mass is 896 g/mol. The van der Waals surface area contributed by atoms with E-state index in [1.165, 1.54) is 7.11 Å². The van der Waals surface area contributed by atoms with Crippen LogP contribution in [-0.4, -0.2) is 85.6 Å². The summed E-state index contributed by atoms with van der Waals surface area (Å²) in [5.41, 5.74) is 5.51. The zero-order valence-electron chi connectivity index (χ0n) is 36.5. The minimum absolute atomic E-state index is 0.0794. The summed E-state index contributed by atoms with van der Waals surface area (Å²) in [4.78, 5) is 28.0. The number of nitrogens with one attached hydrogen (secondary N) is 2. The number of amides is 2. The molecule has 0 spiro atoms. The van der Waals surface area contributed by atoms with Crippen LogP contribution >= 0.6 is 6.72 Å². The summed E-state index contributed by atoms with van der Waals surface area (Å²) < 4.78 is 46.2. The Morgan fingerprint density at radius 1 is 0.698 bits per heavy atom. The molecule has 0 saturated carbocycles. The zero-order valence-corrected chi connectivity index (χ0v) is 38.2. The summed E-state index contributed by atoms with van der Waals surface area (Å²) in [6.45, 7) is -0.191. The van der Waals surface area contributed by atoms with Gasteiger partial charge in [0.2, 0.25) is 5.91 Å². The van der Waals surface area contributed by atoms with Crippen LogP contribution in [0.4, 0.5) is 4.79 Å². The highest BCUT2D eigenvalue weighted by Crippen LogP contribution is 2.50. The van der Waals surface area contributed by atoms with Crippen LogP contribution in [0.5, 0.6) is 11.5 Å². The summed E-state index contributed by atoms with van der Waals surface area (Å²) in [6.07, 6.45) is 0.997. The Hall–Kier alpha value is -5.11. The van der Waals surface area contributed by atoms with E-state index in [2.05, 4.69) is 34.9 Å². The van der Waals surface area contributed by atoms with E-state index in [-0.39, 0.29) is 25.2 Å². The van der Waals surface area contributed by atoms with Crippen molar-refractivity contribution < 1.29 is 46.8 Å². The summed E-state index contributed by atoms with van der Waals surface area (Å²) >= 11 is 5.51. The van der Waals surface area contributed by atoms with E-state index in [4.69, 9.17) is 49.1 Å². The smallest absolute Gasteiger partial charge is 0.407 e. The standard InChI is InChI=1S/C49H57N2O10PS/c1-35(32-54-2)61-62(63,57-5)60-31-15-7-14-30-50-47(52)46(51-48(53)58-33-45-43-20-12-10-18-41(43)42-19-11-13-21-44(42)45)34-59-49(36-16-8-6-9-17-36,37-22-26-39(55-3)27-23-37)38-24-28-40(56-4)29-25-38/h6,8-13,16-29,35,45-46H,7,14-15,30-34H2,1-5H3,(H,50,52)(H,51,53). The third-order valence-electron chi connectivity index (χ3n) is 10.9. The number of methoxy groups -OCH3 is 3. The lowest BCUT2D eigenvalue weighted by Crippen LogP contribution is -2.51. The first kappa shape index (κ1) is 47.4. The van der Waals surface area contributed by atoms with Gasteiger partial charge in [-0.2, -0.15) is 0 Å². The van der Waals surface area contributed by atoms with Gasteiger partial charge < -0.3 is 47.9 Å². The van der Waals surface area contributed by atoms with Crippen molar-refractivity contribution in [2.75, 3.05) is 61.4 Å². The second-order valence-corrected chi connectivity index (χ2v) is 18.1. The fourth-order valence-electron chi connectivity index (χ4n) is 7.77. The van der Waals surface area contributed by atoms with Crippen LogP contribution in [0.25, 0.3) is 11.1 Å². The Labute approximate surface area is 375 Å². The van der Waals surface area contributed by atoms with E-state index in [0.29, 0.717) is 44.1 Å². The predicted octanol–water partition coefficient (Wildman–Crippen LogP) is 9.15. The first-order chi connectivity index (χ1) is 30.6. The molecule has 2 N–H and O–H groups in total. The summed E-state index contributed by atoms with van der Waals surface area (Å²) in [5, 5.41) is 5.87. The molecule has 0 fully saturated rings. The molecule has 1 aliphatic rings. The van der Waals surface area contributed by atoms with Crippen molar-refractivity contribution in [1.82, 2.24) is 10.6 Å². The van der Waals surface area contributed by atoms with E-state index in [1.807, 2.05) is 110 Å². The number of fused-ring (bicyclic) bond motifs is 3. The molecule has 3 unspecified atom stereocenters. The van der Waals surface area contributed by atoms with Crippen molar-refractivity contribution in [2.24, 2.45) is 0 Å². The molecule has 5 aromatic carbocycles. The van der Waals surface area contributed by atoms with Gasteiger partial charge in [0.1, 0.15) is 29.7 Å². The number of hydrogen-bond donors (Lipinski definition) is 2. The SMILES string of the molecule is COCC(C)OP(=S)(OC)OCCCCCNC(=O)C(COC(c1ccccc1)(c1ccc(OC)cc1)c1ccc(OC)cc1)NC(=O)OCC1c2ccccc2-c2ccccc21. The van der Waals surface area contributed by atoms with E-state index >= 15 is 0 Å². The van der Waals surface area contributed by atoms with Gasteiger partial charge in [-0.25, -0.2) is 4.79 Å². The second-order valence-electron chi connectivity index (χ2n) is 15.0. The van der Waals surface area contributed by atoms with Crippen molar-refractivity contribution in [3.63, 3.8) is 0 Å². The quantitative estimate of drug-likeness (QED) is 0.0349. The third-order valence-corrected chi connectivity index (χ3v) is 13.5. The molecule has 6 rings (SSSR count). The highest BCUT2D eigenvalue weighted by molar-refractivity contribution is 8.07. The normalized spacial score (nSPS) is 14.1. The van der Waals surface area contributed by atoms with Crippen LogP contribution in [0.3, 0.4) is 0 Å². The van der Waals surface area contributed by atoms with Gasteiger partial charge in [-0.1, -0.05) is 103 Å². The van der Waals surface area contributed by atoms with Crippen molar-refractivity contribution >= 4 is 30.5 Å². The van der Waals surface area contributed by atoms with Crippen molar-refractivity contribution in [1.29, 1.82) is 0 Å². The first-order valence-corrected chi connectivity index (χ1v) is 23.6. The highest BCUT2D eigenvalue weighted by Gasteiger charge is 2.40. The Morgan fingerprint density at radius 3 is 1.81 bits per heavy atom. The van der Waals surface area contributed by atoms with E-state index < -0.39 is 30.4 Å². The van der Waals surface area contributed by atoms with E-state index in [1.54, 1.807) is 21.3 Å². The molecule has 0 heterocycles. The maximum absolute atomic E-state index is 14.2. The second kappa shape index (κ2) is 23.0. The molecule has 0 aromatic heterocycles. The molecule has 5 aromatic rings. The molecule has 0 radical (unpaired) electrons. The van der Waals surface area contributed by atoms with Crippen molar-refractivity contribution in [3.05, 3.63) is 155 Å². The number of rotatable bonds is 24. The van der Waals surface area contributed by atoms with Gasteiger partial charge >= 0.3 is 12.8 Å². The lowest BCUT2D eigenvalue weighted by molar-refractivity contribution is -0.126. The molecule has 0 saturated heterocycles. The van der Waals surface area contributed by atoms with Gasteiger partial charge in [0, 0.05) is 26.7 Å². The fraction of sp³-hybridized carbons (Fsp3) is 0.347. The molecule has 14 heteroatoms. The summed E-state index contributed by atoms with van der Waals surface area (Å²) in [5.74, 6) is 0.750. The molecule has 0 aliphatic heterocycles. The molecular weight excluding hydrogens is 840 g/mol. The van der Waals surface area contributed by atoms with Gasteiger partial charge in [0.15, 0.2) is 0 Å². The molecule has 334 valence electrons. The maximum atomic E-state index is 14.2. The van der Waals surface area contributed by atoms with E-state index in [0.717, 1.165) is 45.4 Å². The number of alkyl carbamates (subject to hydrolysis) is 1. The largest absolute Gasteiger partial charge is 0.497 e. The van der Waals surface area contributed by atoms with Crippen LogP contribution in [0.1, 0.15) is 59.9 Å². The van der Waals surface area contributed by atoms with Gasteiger partial charge in [0.05, 0.1) is 40.1 Å². The number of carbonyl (C=O) groups excluding carboxylic acids is 2. The minimum atomic E-state index is -2.92. The van der Waals surface area contributed by atoms with Crippen LogP contribution < -0.4 is 20.1 Å². The molecule has 12 nitrogen and oxygen atoms in total. The Kier molecular flexibility index (Phi) is 17.3. The van der Waals surface area contributed by atoms with Crippen LogP contribution in [-0.2, 0) is 50.0 Å². The number of unbranched alkanes of at least 4 members (excludes halogenated alkanes) is 2. The Balaban J connectivity index is 1.21. The Bertz CT molecular complexity index is 2190. The van der Waals surface area contributed by atoms with Gasteiger partial charge in [-0.05, 0) is 101 Å². The molecule has 63 heavy (non-hydrogen) atoms. The molecule has 2 amide bonds. The molecule has 1 aliphatic carbocycles. The Morgan fingerprint density at radius 2 is 1.25 bits per heavy atom. The van der Waals surface area contributed by atoms with Crippen LogP contribution in [0, 0.1) is 0 Å². The van der Waals surface area contributed by atoms with Crippen LogP contribution in [0.2, 0.25) is 0 Å². The number of hydrogen-bond acceptors (Lipinski definition) is 11. The van der Waals surface area contributed by atoms with Gasteiger partial charge in [-0.15, -0.1) is 0 Å². The first-order valence-electron chi connectivity index (χ1n) is 21.0. The topological polar surface area (TPSA) is 132 Å². The zero-order chi connectivity index (χ0) is 44.7. The lowest BCUT2D eigenvalue weighted by atomic mass is 9.80. The molecule has 0 bridgehead atoms. The molecule has 3 atom stereocenters. The third kappa shape index (κ3) is 11.9. The van der Waals surface area contributed by atoms with Crippen LogP contribution in [0.15, 0.2) is 127 Å². The molecular formula is C49H57N2O10PS. The van der Waals surface area contributed by atoms with Crippen molar-refractivity contribution in [2.45, 2.75) is 49.9 Å². The van der Waals surface area contributed by atoms with E-state index in [9.17, 15) is 9.59 Å². The fourth-order valence-corrected chi connectivity index (χ4v) is 9.55. The van der Waals surface area contributed by atoms with Gasteiger partial charge in [0.25, 0.3) is 0 Å². The number of ether oxygens (including phenoxy) is 5. The average molecular weight is 897 g/mol. The maximum Gasteiger partial charge on any atom is 0.407 e. The minimum Gasteiger partial charge on any atom is -0.497 e. The lowest BCUT2D eigenvalue weighted by Gasteiger charge is -2.37. The summed E-state index contributed by atoms with van der Waals surface area (Å²) in [7, 11) is 6.29. The van der Waals surface area contributed by atoms with Gasteiger partial charge in [-0.3, -0.25) is 4.79 Å². The predicted molar refractivity (Wildman–Crippen MR) is 247 cm³/mol. The van der Waals surface area contributed by atoms with Crippen molar-refractivity contribution in [3.8, 4) is 22.6 Å².